The Morgan fingerprint density at radius 3 is 2.76 bits per heavy atom. The van der Waals surface area contributed by atoms with E-state index in [1.807, 2.05) is 0 Å². The van der Waals surface area contributed by atoms with Gasteiger partial charge in [-0.15, -0.1) is 0 Å². The van der Waals surface area contributed by atoms with Gasteiger partial charge in [-0.25, -0.2) is 0 Å². The number of carbonyl (C=O) groups excluding carboxylic acids is 2. The molecule has 17 heavy (non-hydrogen) atoms. The van der Waals surface area contributed by atoms with Crippen LogP contribution in [-0.2, 0) is 9.59 Å². The first kappa shape index (κ1) is 12.4. The maximum Gasteiger partial charge on any atom is 0.239 e. The highest BCUT2D eigenvalue weighted by Crippen LogP contribution is 2.17. The summed E-state index contributed by atoms with van der Waals surface area (Å²) in [6.45, 7) is 0.908. The zero-order chi connectivity index (χ0) is 12.3. The molecule has 1 aliphatic carbocycles. The van der Waals surface area contributed by atoms with Gasteiger partial charge < -0.3 is 16.0 Å². The number of likely N-dealkylation sites (tertiary alicyclic amines) is 1. The molecule has 0 aromatic rings. The number of nitrogens with zero attached hydrogens (tertiary/aromatic N) is 1. The summed E-state index contributed by atoms with van der Waals surface area (Å²) in [5.74, 6) is 0.0238. The molecule has 0 radical (unpaired) electrons. The Bertz CT molecular complexity index is 306. The van der Waals surface area contributed by atoms with Crippen LogP contribution in [0.5, 0.6) is 0 Å². The fraction of sp³-hybridized carbons (Fsp3) is 0.833. The van der Waals surface area contributed by atoms with Crippen LogP contribution < -0.4 is 11.1 Å². The summed E-state index contributed by atoms with van der Waals surface area (Å²) in [6.07, 6.45) is 5.67. The molecule has 3 N–H and O–H groups in total. The fourth-order valence-corrected chi connectivity index (χ4v) is 2.64. The van der Waals surface area contributed by atoms with Crippen molar-refractivity contribution in [2.45, 2.75) is 50.6 Å². The molecule has 1 saturated heterocycles. The topological polar surface area (TPSA) is 75.4 Å². The third kappa shape index (κ3) is 3.19. The second-order valence-corrected chi connectivity index (χ2v) is 5.04. The van der Waals surface area contributed by atoms with Crippen LogP contribution in [0.25, 0.3) is 0 Å². The largest absolute Gasteiger partial charge is 0.350 e. The van der Waals surface area contributed by atoms with Crippen molar-refractivity contribution in [3.05, 3.63) is 0 Å². The zero-order valence-electron chi connectivity index (χ0n) is 10.2. The molecule has 5 heteroatoms. The van der Waals surface area contributed by atoms with E-state index in [2.05, 4.69) is 5.32 Å². The average Bonchev–Trinajstić information content (AvgIpc) is 2.68. The zero-order valence-corrected chi connectivity index (χ0v) is 10.2. The Hall–Kier alpha value is -1.10. The van der Waals surface area contributed by atoms with E-state index in [9.17, 15) is 9.59 Å². The van der Waals surface area contributed by atoms with Gasteiger partial charge in [0.05, 0.1) is 6.54 Å². The summed E-state index contributed by atoms with van der Waals surface area (Å²) in [6, 6.07) is 0.163. The monoisotopic (exact) mass is 239 g/mol. The maximum absolute atomic E-state index is 11.8. The van der Waals surface area contributed by atoms with E-state index in [0.717, 1.165) is 32.1 Å². The third-order valence-electron chi connectivity index (χ3n) is 3.67. The maximum atomic E-state index is 11.8. The van der Waals surface area contributed by atoms with Gasteiger partial charge in [-0.05, 0) is 19.3 Å². The standard InChI is InChI=1S/C12H21N3O2/c13-9-4-1-2-5-10(9)14-11(16)8-15-7-3-6-12(15)17/h9-10H,1-8,13H2,(H,14,16)/t9-,10-/m1/s1. The van der Waals surface area contributed by atoms with Crippen LogP contribution in [-0.4, -0.2) is 41.9 Å². The molecule has 1 heterocycles. The van der Waals surface area contributed by atoms with Crippen LogP contribution in [0.2, 0.25) is 0 Å². The second-order valence-electron chi connectivity index (χ2n) is 5.04. The summed E-state index contributed by atoms with van der Waals surface area (Å²) in [4.78, 5) is 24.8. The minimum atomic E-state index is -0.0670. The molecule has 2 rings (SSSR count). The van der Waals surface area contributed by atoms with Crippen LogP contribution in [0.3, 0.4) is 0 Å². The molecule has 2 atom stereocenters. The van der Waals surface area contributed by atoms with Crippen molar-refractivity contribution in [2.24, 2.45) is 5.73 Å². The molecule has 2 amide bonds. The van der Waals surface area contributed by atoms with Crippen LogP contribution >= 0.6 is 0 Å². The van der Waals surface area contributed by atoms with Crippen molar-refractivity contribution in [3.63, 3.8) is 0 Å². The van der Waals surface area contributed by atoms with Crippen LogP contribution in [0, 0.1) is 0 Å². The molecule has 2 fully saturated rings. The van der Waals surface area contributed by atoms with Crippen LogP contribution in [0.1, 0.15) is 38.5 Å². The smallest absolute Gasteiger partial charge is 0.239 e. The minimum absolute atomic E-state index is 0.0670. The molecular weight excluding hydrogens is 218 g/mol. The van der Waals surface area contributed by atoms with Gasteiger partial charge in [-0.3, -0.25) is 9.59 Å². The lowest BCUT2D eigenvalue weighted by molar-refractivity contribution is -0.133. The normalized spacial score (nSPS) is 29.5. The minimum Gasteiger partial charge on any atom is -0.350 e. The molecule has 0 bridgehead atoms. The van der Waals surface area contributed by atoms with Crippen molar-refractivity contribution in [1.29, 1.82) is 0 Å². The number of rotatable bonds is 3. The Kier molecular flexibility index (Phi) is 3.99. The predicted octanol–water partition coefficient (Wildman–Crippen LogP) is -0.00510. The summed E-state index contributed by atoms with van der Waals surface area (Å²) < 4.78 is 0. The molecule has 96 valence electrons. The molecule has 1 saturated carbocycles. The lowest BCUT2D eigenvalue weighted by Gasteiger charge is -2.29. The first-order valence-corrected chi connectivity index (χ1v) is 6.49. The third-order valence-corrected chi connectivity index (χ3v) is 3.67. The van der Waals surface area contributed by atoms with Gasteiger partial charge in [0.2, 0.25) is 11.8 Å². The number of hydrogen-bond acceptors (Lipinski definition) is 3. The van der Waals surface area contributed by atoms with E-state index >= 15 is 0 Å². The number of nitrogens with two attached hydrogens (primary N) is 1. The van der Waals surface area contributed by atoms with Crippen molar-refractivity contribution in [3.8, 4) is 0 Å². The highest BCUT2D eigenvalue weighted by Gasteiger charge is 2.26. The molecule has 2 aliphatic rings. The molecular formula is C12H21N3O2. The SMILES string of the molecule is N[C@@H]1CCCC[C@H]1NC(=O)CN1CCCC1=O. The summed E-state index contributed by atoms with van der Waals surface area (Å²) in [5, 5.41) is 2.96. The molecule has 0 aromatic heterocycles. The quantitative estimate of drug-likeness (QED) is 0.727. The lowest BCUT2D eigenvalue weighted by Crippen LogP contribution is -2.51. The first-order chi connectivity index (χ1) is 8.16. The van der Waals surface area contributed by atoms with E-state index in [1.54, 1.807) is 4.90 Å². The average molecular weight is 239 g/mol. The fourth-order valence-electron chi connectivity index (χ4n) is 2.64. The Balaban J connectivity index is 1.78. The van der Waals surface area contributed by atoms with Gasteiger partial charge in [0.15, 0.2) is 0 Å². The van der Waals surface area contributed by atoms with Gasteiger partial charge >= 0.3 is 0 Å². The molecule has 5 nitrogen and oxygen atoms in total. The number of hydrogen-bond donors (Lipinski definition) is 2. The van der Waals surface area contributed by atoms with Crippen molar-refractivity contribution < 1.29 is 9.59 Å². The number of nitrogens with one attached hydrogen (secondary N) is 1. The summed E-state index contributed by atoms with van der Waals surface area (Å²) >= 11 is 0. The van der Waals surface area contributed by atoms with E-state index < -0.39 is 0 Å². The Labute approximate surface area is 102 Å². The van der Waals surface area contributed by atoms with Gasteiger partial charge in [0, 0.05) is 25.0 Å². The lowest BCUT2D eigenvalue weighted by atomic mass is 9.91. The van der Waals surface area contributed by atoms with Crippen molar-refractivity contribution in [2.75, 3.05) is 13.1 Å². The molecule has 1 aliphatic heterocycles. The molecule has 0 spiro atoms. The van der Waals surface area contributed by atoms with E-state index in [-0.39, 0.29) is 30.4 Å². The van der Waals surface area contributed by atoms with Crippen molar-refractivity contribution in [1.82, 2.24) is 10.2 Å². The van der Waals surface area contributed by atoms with E-state index in [4.69, 9.17) is 5.73 Å². The molecule has 0 unspecified atom stereocenters. The van der Waals surface area contributed by atoms with Gasteiger partial charge in [0.25, 0.3) is 0 Å². The highest BCUT2D eigenvalue weighted by atomic mass is 16.2. The first-order valence-electron chi connectivity index (χ1n) is 6.49. The Morgan fingerprint density at radius 1 is 1.35 bits per heavy atom. The Morgan fingerprint density at radius 2 is 2.12 bits per heavy atom. The highest BCUT2D eigenvalue weighted by molar-refractivity contribution is 5.85. The number of amides is 2. The van der Waals surface area contributed by atoms with Gasteiger partial charge in [-0.1, -0.05) is 12.8 Å². The van der Waals surface area contributed by atoms with Gasteiger partial charge in [-0.2, -0.15) is 0 Å². The number of carbonyl (C=O) groups is 2. The second kappa shape index (κ2) is 5.49. The van der Waals surface area contributed by atoms with E-state index in [1.165, 1.54) is 0 Å². The predicted molar refractivity (Wildman–Crippen MR) is 64.2 cm³/mol. The summed E-state index contributed by atoms with van der Waals surface area (Å²) in [5.41, 5.74) is 5.97. The molecule has 0 aromatic carbocycles. The van der Waals surface area contributed by atoms with Gasteiger partial charge in [0.1, 0.15) is 0 Å². The summed E-state index contributed by atoms with van der Waals surface area (Å²) in [7, 11) is 0. The van der Waals surface area contributed by atoms with Crippen LogP contribution in [0.15, 0.2) is 0 Å². The van der Waals surface area contributed by atoms with Crippen molar-refractivity contribution >= 4 is 11.8 Å². The van der Waals surface area contributed by atoms with Crippen LogP contribution in [0.4, 0.5) is 0 Å². The van der Waals surface area contributed by atoms with E-state index in [0.29, 0.717) is 13.0 Å².